The topological polar surface area (TPSA) is 38.0 Å². The maximum absolute atomic E-state index is 10.0. The Balaban J connectivity index is 2.68. The molecule has 86 valence electrons. The lowest BCUT2D eigenvalue weighted by atomic mass is 10.2. The molecular formula is C12H8I2N2O. The Labute approximate surface area is 125 Å². The summed E-state index contributed by atoms with van der Waals surface area (Å²) in [7, 11) is 2.02. The molecule has 0 aliphatic heterocycles. The molecule has 3 aromatic rings. The highest BCUT2D eigenvalue weighted by Crippen LogP contribution is 2.38. The predicted octanol–water partition coefficient (Wildman–Crippen LogP) is 3.64. The molecule has 0 spiro atoms. The van der Waals surface area contributed by atoms with Crippen LogP contribution in [0.5, 0.6) is 5.75 Å². The van der Waals surface area contributed by atoms with Crippen molar-refractivity contribution >= 4 is 67.0 Å². The first-order valence-electron chi connectivity index (χ1n) is 5.00. The molecule has 0 fully saturated rings. The standard InChI is InChI=1S/C12H8I2N2O/c1-16-8-4-7(13)12(17)11(14)10(8)6-2-3-15-5-9(6)16/h2-5,17H,1H3. The maximum atomic E-state index is 10.0. The molecule has 0 bridgehead atoms. The number of nitrogens with zero attached hydrogens (tertiary/aromatic N) is 2. The number of pyridine rings is 1. The number of aromatic nitrogens is 2. The lowest BCUT2D eigenvalue weighted by molar-refractivity contribution is 0.469. The van der Waals surface area contributed by atoms with Gasteiger partial charge in [0.15, 0.2) is 0 Å². The minimum absolute atomic E-state index is 0.364. The van der Waals surface area contributed by atoms with E-state index in [4.69, 9.17) is 0 Å². The van der Waals surface area contributed by atoms with E-state index in [1.54, 1.807) is 6.20 Å². The number of halogens is 2. The van der Waals surface area contributed by atoms with Gasteiger partial charge in [-0.25, -0.2) is 0 Å². The van der Waals surface area contributed by atoms with Gasteiger partial charge in [0, 0.05) is 24.0 Å². The largest absolute Gasteiger partial charge is 0.506 e. The summed E-state index contributed by atoms with van der Waals surface area (Å²) < 4.78 is 3.89. The van der Waals surface area contributed by atoms with Crippen molar-refractivity contribution in [2.75, 3.05) is 0 Å². The number of rotatable bonds is 0. The molecule has 0 aliphatic carbocycles. The number of aryl methyl sites for hydroxylation is 1. The van der Waals surface area contributed by atoms with E-state index in [1.807, 2.05) is 25.4 Å². The lowest BCUT2D eigenvalue weighted by Crippen LogP contribution is -1.88. The molecule has 0 atom stereocenters. The Morgan fingerprint density at radius 1 is 1.29 bits per heavy atom. The Hall–Kier alpha value is -0.570. The molecule has 5 heteroatoms. The summed E-state index contributed by atoms with van der Waals surface area (Å²) in [4.78, 5) is 4.16. The molecular weight excluding hydrogens is 442 g/mol. The van der Waals surface area contributed by atoms with E-state index in [9.17, 15) is 5.11 Å². The van der Waals surface area contributed by atoms with Crippen molar-refractivity contribution in [3.63, 3.8) is 0 Å². The number of phenols is 1. The normalized spacial score (nSPS) is 11.5. The van der Waals surface area contributed by atoms with Crippen molar-refractivity contribution in [2.45, 2.75) is 0 Å². The molecule has 0 aliphatic rings. The van der Waals surface area contributed by atoms with Crippen LogP contribution in [0.15, 0.2) is 24.5 Å². The SMILES string of the molecule is Cn1c2cnccc2c2c(I)c(O)c(I)cc21. The van der Waals surface area contributed by atoms with E-state index in [0.717, 1.165) is 28.9 Å². The summed E-state index contributed by atoms with van der Waals surface area (Å²) in [6.45, 7) is 0. The Bertz CT molecular complexity index is 749. The van der Waals surface area contributed by atoms with Gasteiger partial charge >= 0.3 is 0 Å². The van der Waals surface area contributed by atoms with Crippen LogP contribution in [0, 0.1) is 7.14 Å². The quantitative estimate of drug-likeness (QED) is 0.532. The second-order valence-corrected chi connectivity index (χ2v) is 6.11. The summed E-state index contributed by atoms with van der Waals surface area (Å²) in [5, 5.41) is 12.3. The molecule has 0 amide bonds. The van der Waals surface area contributed by atoms with Crippen LogP contribution >= 0.6 is 45.2 Å². The molecule has 2 heterocycles. The highest BCUT2D eigenvalue weighted by atomic mass is 127. The minimum atomic E-state index is 0.364. The number of fused-ring (bicyclic) bond motifs is 3. The van der Waals surface area contributed by atoms with Gasteiger partial charge in [0.05, 0.1) is 24.4 Å². The number of benzene rings is 1. The third-order valence-electron chi connectivity index (χ3n) is 2.97. The molecule has 0 saturated heterocycles. The first-order chi connectivity index (χ1) is 8.11. The summed E-state index contributed by atoms with van der Waals surface area (Å²) in [5.74, 6) is 0.364. The Morgan fingerprint density at radius 3 is 2.82 bits per heavy atom. The lowest BCUT2D eigenvalue weighted by Gasteiger charge is -2.03. The number of phenolic OH excluding ortho intramolecular Hbond substituents is 1. The highest BCUT2D eigenvalue weighted by Gasteiger charge is 2.15. The van der Waals surface area contributed by atoms with E-state index < -0.39 is 0 Å². The van der Waals surface area contributed by atoms with Gasteiger partial charge in [-0.3, -0.25) is 4.98 Å². The van der Waals surface area contributed by atoms with Gasteiger partial charge in [-0.2, -0.15) is 0 Å². The molecule has 0 saturated carbocycles. The number of hydrogen-bond acceptors (Lipinski definition) is 2. The molecule has 0 unspecified atom stereocenters. The first-order valence-corrected chi connectivity index (χ1v) is 7.16. The van der Waals surface area contributed by atoms with E-state index in [2.05, 4.69) is 54.7 Å². The van der Waals surface area contributed by atoms with E-state index in [1.165, 1.54) is 0 Å². The fourth-order valence-electron chi connectivity index (χ4n) is 2.11. The molecule has 3 rings (SSSR count). The monoisotopic (exact) mass is 450 g/mol. The average Bonchev–Trinajstić information content (AvgIpc) is 2.61. The van der Waals surface area contributed by atoms with E-state index in [-0.39, 0.29) is 0 Å². The van der Waals surface area contributed by atoms with Gasteiger partial charge in [-0.1, -0.05) is 0 Å². The number of aromatic hydroxyl groups is 1. The molecule has 1 N–H and O–H groups in total. The third kappa shape index (κ3) is 1.55. The highest BCUT2D eigenvalue weighted by molar-refractivity contribution is 14.1. The zero-order chi connectivity index (χ0) is 12.2. The molecule has 0 radical (unpaired) electrons. The van der Waals surface area contributed by atoms with Crippen LogP contribution in [-0.2, 0) is 7.05 Å². The van der Waals surface area contributed by atoms with Crippen LogP contribution in [0.4, 0.5) is 0 Å². The summed E-state index contributed by atoms with van der Waals surface area (Å²) in [5.41, 5.74) is 2.21. The number of hydrogen-bond donors (Lipinski definition) is 1. The van der Waals surface area contributed by atoms with E-state index >= 15 is 0 Å². The van der Waals surface area contributed by atoms with Gasteiger partial charge in [0.25, 0.3) is 0 Å². The second kappa shape index (κ2) is 3.98. The van der Waals surface area contributed by atoms with Gasteiger partial charge in [-0.05, 0) is 57.3 Å². The fourth-order valence-corrected chi connectivity index (χ4v) is 4.05. The Kier molecular flexibility index (Phi) is 2.69. The van der Waals surface area contributed by atoms with E-state index in [0.29, 0.717) is 5.75 Å². The maximum Gasteiger partial charge on any atom is 0.142 e. The van der Waals surface area contributed by atoms with Crippen LogP contribution in [0.25, 0.3) is 21.8 Å². The molecule has 3 nitrogen and oxygen atoms in total. The van der Waals surface area contributed by atoms with Gasteiger partial charge in [0.2, 0.25) is 0 Å². The van der Waals surface area contributed by atoms with Gasteiger partial charge in [0.1, 0.15) is 5.75 Å². The van der Waals surface area contributed by atoms with Crippen molar-refractivity contribution in [3.05, 3.63) is 31.7 Å². The van der Waals surface area contributed by atoms with Gasteiger partial charge in [-0.15, -0.1) is 0 Å². The van der Waals surface area contributed by atoms with Crippen molar-refractivity contribution in [2.24, 2.45) is 7.05 Å². The van der Waals surface area contributed by atoms with Gasteiger partial charge < -0.3 is 9.67 Å². The molecule has 1 aromatic carbocycles. The molecule has 17 heavy (non-hydrogen) atoms. The smallest absolute Gasteiger partial charge is 0.142 e. The van der Waals surface area contributed by atoms with Crippen molar-refractivity contribution in [3.8, 4) is 5.75 Å². The van der Waals surface area contributed by atoms with Crippen LogP contribution in [0.1, 0.15) is 0 Å². The van der Waals surface area contributed by atoms with Crippen molar-refractivity contribution in [1.82, 2.24) is 9.55 Å². The van der Waals surface area contributed by atoms with Crippen LogP contribution < -0.4 is 0 Å². The zero-order valence-corrected chi connectivity index (χ0v) is 13.2. The fraction of sp³-hybridized carbons (Fsp3) is 0.0833. The van der Waals surface area contributed by atoms with Crippen molar-refractivity contribution < 1.29 is 5.11 Å². The van der Waals surface area contributed by atoms with Crippen LogP contribution in [0.2, 0.25) is 0 Å². The second-order valence-electron chi connectivity index (χ2n) is 3.87. The average molecular weight is 450 g/mol. The first kappa shape index (κ1) is 11.5. The minimum Gasteiger partial charge on any atom is -0.506 e. The van der Waals surface area contributed by atoms with Crippen molar-refractivity contribution in [1.29, 1.82) is 0 Å². The predicted molar refractivity (Wildman–Crippen MR) is 85.3 cm³/mol. The summed E-state index contributed by atoms with van der Waals surface area (Å²) in [6.07, 6.45) is 3.64. The zero-order valence-electron chi connectivity index (χ0n) is 8.91. The third-order valence-corrected chi connectivity index (χ3v) is 4.84. The Morgan fingerprint density at radius 2 is 2.06 bits per heavy atom. The molecule has 2 aromatic heterocycles. The summed E-state index contributed by atoms with van der Waals surface area (Å²) in [6, 6.07) is 4.00. The van der Waals surface area contributed by atoms with Crippen LogP contribution in [-0.4, -0.2) is 14.7 Å². The van der Waals surface area contributed by atoms with Crippen LogP contribution in [0.3, 0.4) is 0 Å². The summed E-state index contributed by atoms with van der Waals surface area (Å²) >= 11 is 4.36.